The lowest BCUT2D eigenvalue weighted by molar-refractivity contribution is -0.158. The van der Waals surface area contributed by atoms with E-state index in [-0.39, 0.29) is 12.0 Å². The molecule has 1 unspecified atom stereocenters. The molecular formula is C23H28N2O4. The van der Waals surface area contributed by atoms with Crippen molar-refractivity contribution in [1.82, 2.24) is 4.90 Å². The maximum Gasteiger partial charge on any atom is 0.321 e. The third-order valence-electron chi connectivity index (χ3n) is 5.31. The van der Waals surface area contributed by atoms with Crippen molar-refractivity contribution in [3.8, 4) is 5.75 Å². The first-order valence-corrected chi connectivity index (χ1v) is 9.98. The summed E-state index contributed by atoms with van der Waals surface area (Å²) in [5.41, 5.74) is 0.927. The molecule has 6 nitrogen and oxygen atoms in total. The topological polar surface area (TPSA) is 67.9 Å². The first kappa shape index (κ1) is 20.7. The molecule has 1 heterocycles. The van der Waals surface area contributed by atoms with Gasteiger partial charge in [-0.3, -0.25) is 4.79 Å². The number of esters is 1. The van der Waals surface area contributed by atoms with Crippen LogP contribution in [0.5, 0.6) is 5.75 Å². The van der Waals surface area contributed by atoms with E-state index in [0.29, 0.717) is 44.0 Å². The van der Waals surface area contributed by atoms with Crippen LogP contribution in [0.3, 0.4) is 0 Å². The van der Waals surface area contributed by atoms with Crippen molar-refractivity contribution in [3.63, 3.8) is 0 Å². The second kappa shape index (κ2) is 9.45. The number of carbonyl (C=O) groups excluding carboxylic acids is 2. The van der Waals surface area contributed by atoms with Crippen molar-refractivity contribution in [2.45, 2.75) is 26.2 Å². The van der Waals surface area contributed by atoms with Gasteiger partial charge in [-0.1, -0.05) is 42.5 Å². The van der Waals surface area contributed by atoms with Gasteiger partial charge in [0.1, 0.15) is 5.75 Å². The van der Waals surface area contributed by atoms with Gasteiger partial charge in [0, 0.05) is 13.1 Å². The lowest BCUT2D eigenvalue weighted by Crippen LogP contribution is -2.52. The summed E-state index contributed by atoms with van der Waals surface area (Å²) in [6.45, 7) is 3.05. The number of carbonyl (C=O) groups is 2. The van der Waals surface area contributed by atoms with E-state index in [0.717, 1.165) is 12.0 Å². The summed E-state index contributed by atoms with van der Waals surface area (Å²) in [6, 6.07) is 16.9. The van der Waals surface area contributed by atoms with E-state index in [1.165, 1.54) is 0 Å². The third-order valence-corrected chi connectivity index (χ3v) is 5.31. The molecule has 1 N–H and O–H groups in total. The maximum absolute atomic E-state index is 13.0. The molecule has 6 heteroatoms. The molecular weight excluding hydrogens is 368 g/mol. The number of hydrogen-bond donors (Lipinski definition) is 1. The molecule has 0 aliphatic carbocycles. The Balaban J connectivity index is 1.80. The van der Waals surface area contributed by atoms with Crippen LogP contribution < -0.4 is 10.1 Å². The van der Waals surface area contributed by atoms with Crippen molar-refractivity contribution in [3.05, 3.63) is 60.2 Å². The predicted molar refractivity (Wildman–Crippen MR) is 112 cm³/mol. The number of ether oxygens (including phenoxy) is 2. The Morgan fingerprint density at radius 2 is 1.83 bits per heavy atom. The van der Waals surface area contributed by atoms with Crippen LogP contribution in [-0.2, 0) is 16.0 Å². The highest BCUT2D eigenvalue weighted by Crippen LogP contribution is 2.36. The minimum absolute atomic E-state index is 0.237. The van der Waals surface area contributed by atoms with Gasteiger partial charge < -0.3 is 19.7 Å². The van der Waals surface area contributed by atoms with Crippen LogP contribution in [0.2, 0.25) is 0 Å². The fourth-order valence-electron chi connectivity index (χ4n) is 3.90. The Kier molecular flexibility index (Phi) is 6.75. The molecule has 0 bridgehead atoms. The number of rotatable bonds is 6. The largest absolute Gasteiger partial charge is 0.495 e. The smallest absolute Gasteiger partial charge is 0.321 e. The van der Waals surface area contributed by atoms with Crippen molar-refractivity contribution in [1.29, 1.82) is 0 Å². The van der Waals surface area contributed by atoms with Crippen LogP contribution in [0.25, 0.3) is 0 Å². The van der Waals surface area contributed by atoms with E-state index in [2.05, 4.69) is 5.32 Å². The number of nitrogens with zero attached hydrogens (tertiary/aromatic N) is 1. The summed E-state index contributed by atoms with van der Waals surface area (Å²) in [5, 5.41) is 2.91. The molecule has 1 aliphatic heterocycles. The molecule has 1 saturated heterocycles. The zero-order valence-electron chi connectivity index (χ0n) is 17.0. The summed E-state index contributed by atoms with van der Waals surface area (Å²) in [7, 11) is 1.57. The number of piperidine rings is 1. The monoisotopic (exact) mass is 396 g/mol. The zero-order chi connectivity index (χ0) is 20.7. The second-order valence-electron chi connectivity index (χ2n) is 7.32. The summed E-state index contributed by atoms with van der Waals surface area (Å²) >= 11 is 0. The summed E-state index contributed by atoms with van der Waals surface area (Å²) in [5.74, 6) is 0.359. The maximum atomic E-state index is 13.0. The minimum atomic E-state index is -0.742. The molecule has 0 radical (unpaired) electrons. The summed E-state index contributed by atoms with van der Waals surface area (Å²) in [6.07, 6.45) is 1.98. The molecule has 3 rings (SSSR count). The normalized spacial score (nSPS) is 18.8. The Labute approximate surface area is 171 Å². The van der Waals surface area contributed by atoms with Crippen molar-refractivity contribution >= 4 is 17.7 Å². The van der Waals surface area contributed by atoms with E-state index in [1.54, 1.807) is 24.1 Å². The SMILES string of the molecule is CCOC(=O)C1(Cc2ccccc2)CCCN(C(=O)Nc2ccccc2OC)C1. The van der Waals surface area contributed by atoms with Gasteiger partial charge in [0.05, 0.1) is 24.8 Å². The van der Waals surface area contributed by atoms with Crippen LogP contribution in [0.15, 0.2) is 54.6 Å². The zero-order valence-corrected chi connectivity index (χ0v) is 17.0. The van der Waals surface area contributed by atoms with E-state index in [4.69, 9.17) is 9.47 Å². The molecule has 1 aliphatic rings. The molecule has 0 saturated carbocycles. The van der Waals surface area contributed by atoms with Crippen molar-refractivity contribution < 1.29 is 19.1 Å². The number of likely N-dealkylation sites (tertiary alicyclic amines) is 1. The van der Waals surface area contributed by atoms with E-state index in [1.807, 2.05) is 49.4 Å². The van der Waals surface area contributed by atoms with Crippen molar-refractivity contribution in [2.24, 2.45) is 5.41 Å². The lowest BCUT2D eigenvalue weighted by Gasteiger charge is -2.41. The predicted octanol–water partition coefficient (Wildman–Crippen LogP) is 4.12. The van der Waals surface area contributed by atoms with Crippen LogP contribution in [0, 0.1) is 5.41 Å². The van der Waals surface area contributed by atoms with E-state index >= 15 is 0 Å². The number of hydrogen-bond acceptors (Lipinski definition) is 4. The summed E-state index contributed by atoms with van der Waals surface area (Å²) in [4.78, 5) is 27.6. The molecule has 2 aromatic carbocycles. The Morgan fingerprint density at radius 3 is 2.55 bits per heavy atom. The van der Waals surface area contributed by atoms with Gasteiger partial charge in [-0.05, 0) is 43.9 Å². The molecule has 2 aromatic rings. The number of benzene rings is 2. The van der Waals surface area contributed by atoms with Gasteiger partial charge in [0.25, 0.3) is 0 Å². The van der Waals surface area contributed by atoms with Crippen LogP contribution in [-0.4, -0.2) is 43.7 Å². The molecule has 0 aromatic heterocycles. The number of para-hydroxylation sites is 2. The summed E-state index contributed by atoms with van der Waals surface area (Å²) < 4.78 is 10.7. The highest BCUT2D eigenvalue weighted by Gasteiger charge is 2.44. The molecule has 29 heavy (non-hydrogen) atoms. The molecule has 2 amide bonds. The fourth-order valence-corrected chi connectivity index (χ4v) is 3.90. The van der Waals surface area contributed by atoms with Crippen LogP contribution >= 0.6 is 0 Å². The van der Waals surface area contributed by atoms with Crippen LogP contribution in [0.4, 0.5) is 10.5 Å². The lowest BCUT2D eigenvalue weighted by atomic mass is 9.75. The Morgan fingerprint density at radius 1 is 1.10 bits per heavy atom. The van der Waals surface area contributed by atoms with Gasteiger partial charge in [-0.2, -0.15) is 0 Å². The van der Waals surface area contributed by atoms with Gasteiger partial charge in [-0.15, -0.1) is 0 Å². The highest BCUT2D eigenvalue weighted by atomic mass is 16.5. The minimum Gasteiger partial charge on any atom is -0.495 e. The molecule has 0 spiro atoms. The fraction of sp³-hybridized carbons (Fsp3) is 0.391. The average molecular weight is 396 g/mol. The van der Waals surface area contributed by atoms with Gasteiger partial charge >= 0.3 is 12.0 Å². The van der Waals surface area contributed by atoms with Gasteiger partial charge in [-0.25, -0.2) is 4.79 Å². The number of nitrogens with one attached hydrogen (secondary N) is 1. The quantitative estimate of drug-likeness (QED) is 0.746. The van der Waals surface area contributed by atoms with E-state index < -0.39 is 5.41 Å². The first-order chi connectivity index (χ1) is 14.1. The van der Waals surface area contributed by atoms with E-state index in [9.17, 15) is 9.59 Å². The average Bonchev–Trinajstić information content (AvgIpc) is 2.75. The standard InChI is InChI=1S/C23H28N2O4/c1-3-29-21(26)23(16-18-10-5-4-6-11-18)14-9-15-25(17-23)22(27)24-19-12-7-8-13-20(19)28-2/h4-8,10-13H,3,9,14-17H2,1-2H3,(H,24,27). The molecule has 1 atom stereocenters. The van der Waals surface area contributed by atoms with Gasteiger partial charge in [0.15, 0.2) is 0 Å². The van der Waals surface area contributed by atoms with Gasteiger partial charge in [0.2, 0.25) is 0 Å². The Bertz CT molecular complexity index is 840. The number of urea groups is 1. The van der Waals surface area contributed by atoms with Crippen LogP contribution in [0.1, 0.15) is 25.3 Å². The number of anilines is 1. The molecule has 1 fully saturated rings. The first-order valence-electron chi connectivity index (χ1n) is 9.98. The second-order valence-corrected chi connectivity index (χ2v) is 7.32. The molecule has 154 valence electrons. The number of methoxy groups -OCH3 is 1. The van der Waals surface area contributed by atoms with Crippen molar-refractivity contribution in [2.75, 3.05) is 32.1 Å². The Hall–Kier alpha value is -3.02. The number of amides is 2. The highest BCUT2D eigenvalue weighted by molar-refractivity contribution is 5.91. The third kappa shape index (κ3) is 4.88.